The molecule has 2 aromatic heterocycles. The molecule has 114 valence electrons. The van der Waals surface area contributed by atoms with Crippen LogP contribution < -0.4 is 5.32 Å². The van der Waals surface area contributed by atoms with Gasteiger partial charge in [0.05, 0.1) is 11.7 Å². The number of halogens is 4. The Morgan fingerprint density at radius 3 is 2.67 bits per heavy atom. The second-order valence-electron chi connectivity index (χ2n) is 4.32. The van der Waals surface area contributed by atoms with E-state index in [-0.39, 0.29) is 10.6 Å². The molecule has 8 heteroatoms. The quantitative estimate of drug-likeness (QED) is 0.852. The second kappa shape index (κ2) is 6.48. The van der Waals surface area contributed by atoms with Crippen LogP contribution in [-0.2, 0) is 6.18 Å². The van der Waals surface area contributed by atoms with Gasteiger partial charge in [0.2, 0.25) is 0 Å². The van der Waals surface area contributed by atoms with Gasteiger partial charge in [-0.3, -0.25) is 4.98 Å². The molecule has 3 nitrogen and oxygen atoms in total. The largest absolute Gasteiger partial charge is 0.443 e. The third kappa shape index (κ3) is 3.76. The van der Waals surface area contributed by atoms with E-state index in [0.717, 1.165) is 12.6 Å². The molecular formula is C13H13F4N3S. The Balaban J connectivity index is 2.37. The molecule has 0 saturated heterocycles. The predicted molar refractivity (Wildman–Crippen MR) is 71.4 cm³/mol. The third-order valence-electron chi connectivity index (χ3n) is 2.71. The zero-order valence-electron chi connectivity index (χ0n) is 11.1. The lowest BCUT2D eigenvalue weighted by atomic mass is 10.1. The van der Waals surface area contributed by atoms with Gasteiger partial charge in [0.25, 0.3) is 0 Å². The summed E-state index contributed by atoms with van der Waals surface area (Å²) in [5, 5.41) is 2.06. The van der Waals surface area contributed by atoms with E-state index in [1.54, 1.807) is 0 Å². The highest BCUT2D eigenvalue weighted by Gasteiger charge is 2.35. The van der Waals surface area contributed by atoms with Crippen LogP contribution in [-0.4, -0.2) is 16.5 Å². The van der Waals surface area contributed by atoms with Crippen molar-refractivity contribution in [2.75, 3.05) is 6.54 Å². The van der Waals surface area contributed by atoms with Crippen LogP contribution in [0, 0.1) is 5.82 Å². The summed E-state index contributed by atoms with van der Waals surface area (Å²) in [7, 11) is 0. The maximum atomic E-state index is 13.9. The van der Waals surface area contributed by atoms with Gasteiger partial charge in [0.1, 0.15) is 5.82 Å². The van der Waals surface area contributed by atoms with Crippen LogP contribution in [0.25, 0.3) is 0 Å². The van der Waals surface area contributed by atoms with E-state index in [2.05, 4.69) is 15.3 Å². The number of nitrogens with one attached hydrogen (secondary N) is 1. The van der Waals surface area contributed by atoms with E-state index in [9.17, 15) is 17.6 Å². The molecule has 1 N–H and O–H groups in total. The molecule has 1 atom stereocenters. The van der Waals surface area contributed by atoms with Crippen molar-refractivity contribution in [1.82, 2.24) is 15.3 Å². The maximum Gasteiger partial charge on any atom is 0.443 e. The molecule has 0 aliphatic rings. The van der Waals surface area contributed by atoms with Crippen molar-refractivity contribution >= 4 is 11.3 Å². The van der Waals surface area contributed by atoms with Gasteiger partial charge in [-0.2, -0.15) is 13.2 Å². The number of thiazole rings is 1. The van der Waals surface area contributed by atoms with Crippen molar-refractivity contribution in [2.45, 2.75) is 25.6 Å². The lowest BCUT2D eigenvalue weighted by molar-refractivity contribution is -0.137. The average Bonchev–Trinajstić information content (AvgIpc) is 2.91. The summed E-state index contributed by atoms with van der Waals surface area (Å²) in [5.74, 6) is -0.562. The van der Waals surface area contributed by atoms with Crippen molar-refractivity contribution in [3.05, 3.63) is 45.9 Å². The number of alkyl halides is 3. The predicted octanol–water partition coefficient (Wildman–Crippen LogP) is 3.79. The fraction of sp³-hybridized carbons (Fsp3) is 0.385. The summed E-state index contributed by atoms with van der Waals surface area (Å²) < 4.78 is 51.8. The fourth-order valence-electron chi connectivity index (χ4n) is 1.78. The first-order chi connectivity index (χ1) is 9.93. The first-order valence-electron chi connectivity index (χ1n) is 6.30. The Labute approximate surface area is 123 Å². The molecular weight excluding hydrogens is 306 g/mol. The van der Waals surface area contributed by atoms with Crippen LogP contribution in [0.1, 0.15) is 35.0 Å². The normalized spacial score (nSPS) is 13.4. The van der Waals surface area contributed by atoms with Crippen LogP contribution in [0.3, 0.4) is 0 Å². The number of hydrogen-bond acceptors (Lipinski definition) is 4. The minimum absolute atomic E-state index is 0.0725. The van der Waals surface area contributed by atoms with Crippen LogP contribution in [0.4, 0.5) is 17.6 Å². The minimum Gasteiger partial charge on any atom is -0.304 e. The summed E-state index contributed by atoms with van der Waals surface area (Å²) in [5.41, 5.74) is 0.0725. The summed E-state index contributed by atoms with van der Waals surface area (Å²) in [6.45, 7) is 2.44. The molecule has 0 aromatic carbocycles. The molecule has 2 rings (SSSR count). The lowest BCUT2D eigenvalue weighted by Crippen LogP contribution is -2.24. The van der Waals surface area contributed by atoms with Gasteiger partial charge in [-0.05, 0) is 25.1 Å². The van der Waals surface area contributed by atoms with Crippen LogP contribution in [0.15, 0.2) is 24.5 Å². The highest BCUT2D eigenvalue weighted by Crippen LogP contribution is 2.36. The van der Waals surface area contributed by atoms with Crippen molar-refractivity contribution in [3.63, 3.8) is 0 Å². The van der Waals surface area contributed by atoms with E-state index in [1.807, 2.05) is 6.92 Å². The molecule has 2 aromatic rings. The van der Waals surface area contributed by atoms with Crippen LogP contribution >= 0.6 is 11.3 Å². The summed E-state index contributed by atoms with van der Waals surface area (Å²) in [6.07, 6.45) is -1.21. The molecule has 21 heavy (non-hydrogen) atoms. The van der Waals surface area contributed by atoms with Gasteiger partial charge >= 0.3 is 6.18 Å². The van der Waals surface area contributed by atoms with Crippen molar-refractivity contribution in [1.29, 1.82) is 0 Å². The Kier molecular flexibility index (Phi) is 4.89. The third-order valence-corrected chi connectivity index (χ3v) is 3.82. The molecule has 2 heterocycles. The van der Waals surface area contributed by atoms with Gasteiger partial charge in [-0.15, -0.1) is 11.3 Å². The Hall–Kier alpha value is -1.54. The van der Waals surface area contributed by atoms with Crippen molar-refractivity contribution in [3.8, 4) is 0 Å². The van der Waals surface area contributed by atoms with Crippen molar-refractivity contribution < 1.29 is 17.6 Å². The summed E-state index contributed by atoms with van der Waals surface area (Å²) in [4.78, 5) is 7.60. The number of aromatic nitrogens is 2. The Morgan fingerprint density at radius 1 is 1.33 bits per heavy atom. The summed E-state index contributed by atoms with van der Waals surface area (Å²) in [6, 6.07) is 1.93. The highest BCUT2D eigenvalue weighted by atomic mass is 32.1. The van der Waals surface area contributed by atoms with Gasteiger partial charge in [-0.25, -0.2) is 9.37 Å². The van der Waals surface area contributed by atoms with E-state index < -0.39 is 23.0 Å². The fourth-order valence-corrected chi connectivity index (χ4v) is 2.64. The minimum atomic E-state index is -4.50. The molecule has 0 amide bonds. The molecule has 0 radical (unpaired) electrons. The molecule has 0 bridgehead atoms. The molecule has 0 aliphatic heterocycles. The standard InChI is InChI=1S/C13H13F4N3S/c1-2-5-18-11(10-8(14)4-3-6-19-10)9-7-20-12(21-9)13(15,16)17/h3-4,6-7,11,18H,2,5H2,1H3. The lowest BCUT2D eigenvalue weighted by Gasteiger charge is -2.16. The smallest absolute Gasteiger partial charge is 0.304 e. The van der Waals surface area contributed by atoms with Gasteiger partial charge < -0.3 is 5.32 Å². The highest BCUT2D eigenvalue weighted by molar-refractivity contribution is 7.11. The SMILES string of the molecule is CCCNC(c1cnc(C(F)(F)F)s1)c1ncccc1F. The average molecular weight is 319 g/mol. The van der Waals surface area contributed by atoms with E-state index >= 15 is 0 Å². The Bertz CT molecular complexity index is 597. The number of nitrogens with zero attached hydrogens (tertiary/aromatic N) is 2. The zero-order chi connectivity index (χ0) is 15.5. The second-order valence-corrected chi connectivity index (χ2v) is 5.39. The van der Waals surface area contributed by atoms with Crippen LogP contribution in [0.2, 0.25) is 0 Å². The van der Waals surface area contributed by atoms with E-state index in [4.69, 9.17) is 0 Å². The molecule has 1 unspecified atom stereocenters. The van der Waals surface area contributed by atoms with Crippen molar-refractivity contribution in [2.24, 2.45) is 0 Å². The van der Waals surface area contributed by atoms with E-state index in [1.165, 1.54) is 18.3 Å². The molecule has 0 fully saturated rings. The first kappa shape index (κ1) is 15.8. The zero-order valence-corrected chi connectivity index (χ0v) is 11.9. The topological polar surface area (TPSA) is 37.8 Å². The Morgan fingerprint density at radius 2 is 2.10 bits per heavy atom. The molecule has 0 aliphatic carbocycles. The van der Waals surface area contributed by atoms with Gasteiger partial charge in [0, 0.05) is 17.3 Å². The summed E-state index contributed by atoms with van der Waals surface area (Å²) >= 11 is 0.497. The number of hydrogen-bond donors (Lipinski definition) is 1. The van der Waals surface area contributed by atoms with Gasteiger partial charge in [-0.1, -0.05) is 6.92 Å². The maximum absolute atomic E-state index is 13.9. The number of rotatable bonds is 5. The first-order valence-corrected chi connectivity index (χ1v) is 7.11. The molecule has 0 saturated carbocycles. The van der Waals surface area contributed by atoms with E-state index in [0.29, 0.717) is 17.9 Å². The monoisotopic (exact) mass is 319 g/mol. The number of pyridine rings is 1. The van der Waals surface area contributed by atoms with Gasteiger partial charge in [0.15, 0.2) is 5.01 Å². The molecule has 0 spiro atoms. The van der Waals surface area contributed by atoms with Crippen LogP contribution in [0.5, 0.6) is 0 Å².